The lowest BCUT2D eigenvalue weighted by Gasteiger charge is -2.09. The molecule has 0 aliphatic heterocycles. The van der Waals surface area contributed by atoms with Gasteiger partial charge in [0.15, 0.2) is 4.34 Å². The van der Waals surface area contributed by atoms with Crippen molar-refractivity contribution in [3.63, 3.8) is 0 Å². The van der Waals surface area contributed by atoms with Gasteiger partial charge in [-0.05, 0) is 24.1 Å². The molecule has 0 spiro atoms. The number of benzene rings is 1. The second-order valence-corrected chi connectivity index (χ2v) is 7.97. The molecule has 0 saturated carbocycles. The number of nitrogens with one attached hydrogen (secondary N) is 2. The van der Waals surface area contributed by atoms with Gasteiger partial charge in [0.1, 0.15) is 5.75 Å². The molecular weight excluding hydrogens is 368 g/mol. The Labute approximate surface area is 154 Å². The first-order valence-electron chi connectivity index (χ1n) is 7.31. The molecule has 1 heterocycles. The van der Waals surface area contributed by atoms with Gasteiger partial charge in [-0.15, -0.1) is 10.2 Å². The number of rotatable bonds is 8. The number of hydrogen-bond acceptors (Lipinski definition) is 7. The normalized spacial score (nSPS) is 10.7. The summed E-state index contributed by atoms with van der Waals surface area (Å²) in [5.74, 6) is 1.17. The van der Waals surface area contributed by atoms with E-state index in [1.807, 2.05) is 0 Å². The van der Waals surface area contributed by atoms with E-state index in [0.29, 0.717) is 22.4 Å². The van der Waals surface area contributed by atoms with E-state index in [1.165, 1.54) is 23.1 Å². The Kier molecular flexibility index (Phi) is 7.14. The van der Waals surface area contributed by atoms with E-state index in [4.69, 9.17) is 16.3 Å². The quantitative estimate of drug-likeness (QED) is 0.668. The molecule has 1 amide bonds. The molecule has 0 radical (unpaired) electrons. The summed E-state index contributed by atoms with van der Waals surface area (Å²) in [6.45, 7) is 5.09. The van der Waals surface area contributed by atoms with Gasteiger partial charge in [0.05, 0.1) is 18.6 Å². The maximum absolute atomic E-state index is 12.1. The first kappa shape index (κ1) is 18.8. The Morgan fingerprint density at radius 2 is 2.21 bits per heavy atom. The van der Waals surface area contributed by atoms with Gasteiger partial charge in [-0.3, -0.25) is 4.79 Å². The summed E-state index contributed by atoms with van der Waals surface area (Å²) in [4.78, 5) is 12.1. The number of nitrogens with zero attached hydrogens (tertiary/aromatic N) is 2. The van der Waals surface area contributed by atoms with Crippen molar-refractivity contribution >= 4 is 51.4 Å². The van der Waals surface area contributed by atoms with Crippen LogP contribution in [-0.4, -0.2) is 35.5 Å². The number of anilines is 2. The van der Waals surface area contributed by atoms with Crippen molar-refractivity contribution in [3.8, 4) is 5.75 Å². The molecule has 0 aliphatic carbocycles. The molecule has 0 aliphatic rings. The SMILES string of the molecule is COc1ccc(Cl)cc1NC(=O)CSc1nnc(NCC(C)C)s1. The molecule has 0 unspecified atom stereocenters. The number of thioether (sulfide) groups is 1. The molecule has 0 fully saturated rings. The second kappa shape index (κ2) is 9.10. The molecule has 1 aromatic heterocycles. The summed E-state index contributed by atoms with van der Waals surface area (Å²) in [5.41, 5.74) is 0.548. The lowest BCUT2D eigenvalue weighted by molar-refractivity contribution is -0.113. The Bertz CT molecular complexity index is 694. The van der Waals surface area contributed by atoms with Gasteiger partial charge in [0.2, 0.25) is 11.0 Å². The van der Waals surface area contributed by atoms with Crippen LogP contribution in [0.15, 0.2) is 22.5 Å². The molecular formula is C15H19ClN4O2S2. The first-order valence-corrected chi connectivity index (χ1v) is 9.49. The van der Waals surface area contributed by atoms with E-state index in [9.17, 15) is 4.79 Å². The second-order valence-electron chi connectivity index (χ2n) is 5.33. The Hall–Kier alpha value is -1.51. The number of hydrogen-bond donors (Lipinski definition) is 2. The van der Waals surface area contributed by atoms with Crippen LogP contribution in [0, 0.1) is 5.92 Å². The van der Waals surface area contributed by atoms with Crippen molar-refractivity contribution in [3.05, 3.63) is 23.2 Å². The predicted molar refractivity (Wildman–Crippen MR) is 101 cm³/mol. The van der Waals surface area contributed by atoms with Crippen LogP contribution >= 0.6 is 34.7 Å². The lowest BCUT2D eigenvalue weighted by atomic mass is 10.2. The lowest BCUT2D eigenvalue weighted by Crippen LogP contribution is -2.14. The van der Waals surface area contributed by atoms with Gasteiger partial charge >= 0.3 is 0 Å². The fourth-order valence-corrected chi connectivity index (χ4v) is 3.45. The van der Waals surface area contributed by atoms with Crippen molar-refractivity contribution in [1.82, 2.24) is 10.2 Å². The highest BCUT2D eigenvalue weighted by Gasteiger charge is 2.11. The minimum absolute atomic E-state index is 0.160. The summed E-state index contributed by atoms with van der Waals surface area (Å²) in [6.07, 6.45) is 0. The summed E-state index contributed by atoms with van der Waals surface area (Å²) in [5, 5.41) is 15.4. The van der Waals surface area contributed by atoms with Gasteiger partial charge in [-0.1, -0.05) is 48.5 Å². The highest BCUT2D eigenvalue weighted by molar-refractivity contribution is 8.01. The topological polar surface area (TPSA) is 76.1 Å². The third-order valence-corrected chi connectivity index (χ3v) is 5.08. The maximum atomic E-state index is 12.1. The van der Waals surface area contributed by atoms with Crippen molar-refractivity contribution in [2.75, 3.05) is 30.0 Å². The number of carbonyl (C=O) groups is 1. The molecule has 2 rings (SSSR count). The number of amides is 1. The average molecular weight is 387 g/mol. The number of carbonyl (C=O) groups excluding carboxylic acids is 1. The minimum atomic E-state index is -0.160. The predicted octanol–water partition coefficient (Wildman–Crippen LogP) is 4.00. The molecule has 0 atom stereocenters. The summed E-state index contributed by atoms with van der Waals surface area (Å²) < 4.78 is 5.95. The number of aromatic nitrogens is 2. The minimum Gasteiger partial charge on any atom is -0.495 e. The zero-order chi connectivity index (χ0) is 17.5. The van der Waals surface area contributed by atoms with Crippen LogP contribution in [0.5, 0.6) is 5.75 Å². The maximum Gasteiger partial charge on any atom is 0.234 e. The van der Waals surface area contributed by atoms with E-state index in [1.54, 1.807) is 25.3 Å². The molecule has 2 aromatic rings. The van der Waals surface area contributed by atoms with Crippen LogP contribution in [0.25, 0.3) is 0 Å². The van der Waals surface area contributed by atoms with E-state index in [0.717, 1.165) is 16.0 Å². The molecule has 1 aromatic carbocycles. The number of methoxy groups -OCH3 is 1. The molecule has 130 valence electrons. The first-order chi connectivity index (χ1) is 11.5. The smallest absolute Gasteiger partial charge is 0.234 e. The van der Waals surface area contributed by atoms with Crippen LogP contribution in [-0.2, 0) is 4.79 Å². The summed E-state index contributed by atoms with van der Waals surface area (Å²) in [6, 6.07) is 5.07. The van der Waals surface area contributed by atoms with Gasteiger partial charge in [0, 0.05) is 11.6 Å². The van der Waals surface area contributed by atoms with Crippen LogP contribution in [0.2, 0.25) is 5.02 Å². The Balaban J connectivity index is 1.86. The monoisotopic (exact) mass is 386 g/mol. The third kappa shape index (κ3) is 5.85. The van der Waals surface area contributed by atoms with Crippen molar-refractivity contribution in [1.29, 1.82) is 0 Å². The molecule has 2 N–H and O–H groups in total. The summed E-state index contributed by atoms with van der Waals surface area (Å²) >= 11 is 8.73. The fraction of sp³-hybridized carbons (Fsp3) is 0.400. The third-order valence-electron chi connectivity index (χ3n) is 2.83. The van der Waals surface area contributed by atoms with E-state index in [2.05, 4.69) is 34.7 Å². The highest BCUT2D eigenvalue weighted by Crippen LogP contribution is 2.29. The molecule has 0 saturated heterocycles. The van der Waals surface area contributed by atoms with Crippen LogP contribution in [0.4, 0.5) is 10.8 Å². The van der Waals surface area contributed by atoms with Gasteiger partial charge in [-0.2, -0.15) is 0 Å². The summed E-state index contributed by atoms with van der Waals surface area (Å²) in [7, 11) is 1.54. The van der Waals surface area contributed by atoms with Crippen LogP contribution in [0.3, 0.4) is 0 Å². The van der Waals surface area contributed by atoms with Crippen LogP contribution < -0.4 is 15.4 Å². The average Bonchev–Trinajstić information content (AvgIpc) is 2.99. The molecule has 0 bridgehead atoms. The van der Waals surface area contributed by atoms with Gasteiger partial charge in [0.25, 0.3) is 0 Å². The van der Waals surface area contributed by atoms with Crippen molar-refractivity contribution in [2.24, 2.45) is 5.92 Å². The van der Waals surface area contributed by atoms with Crippen LogP contribution in [0.1, 0.15) is 13.8 Å². The van der Waals surface area contributed by atoms with Crippen molar-refractivity contribution in [2.45, 2.75) is 18.2 Å². The zero-order valence-corrected chi connectivity index (χ0v) is 16.0. The molecule has 24 heavy (non-hydrogen) atoms. The zero-order valence-electron chi connectivity index (χ0n) is 13.6. The standard InChI is InChI=1S/C15H19ClN4O2S2/c1-9(2)7-17-14-19-20-15(24-14)23-8-13(21)18-11-6-10(16)4-5-12(11)22-3/h4-6,9H,7-8H2,1-3H3,(H,17,19)(H,18,21). The van der Waals surface area contributed by atoms with Crippen molar-refractivity contribution < 1.29 is 9.53 Å². The van der Waals surface area contributed by atoms with Gasteiger partial charge in [-0.25, -0.2) is 0 Å². The molecule has 9 heteroatoms. The largest absolute Gasteiger partial charge is 0.495 e. The van der Waals surface area contributed by atoms with Gasteiger partial charge < -0.3 is 15.4 Å². The van der Waals surface area contributed by atoms with E-state index in [-0.39, 0.29) is 11.7 Å². The fourth-order valence-electron chi connectivity index (χ4n) is 1.72. The Morgan fingerprint density at radius 1 is 1.42 bits per heavy atom. The number of halogens is 1. The Morgan fingerprint density at radius 3 is 2.92 bits per heavy atom. The highest BCUT2D eigenvalue weighted by atomic mass is 35.5. The molecule has 6 nitrogen and oxygen atoms in total. The van der Waals surface area contributed by atoms with E-state index < -0.39 is 0 Å². The number of ether oxygens (including phenoxy) is 1. The van der Waals surface area contributed by atoms with E-state index >= 15 is 0 Å².